The summed E-state index contributed by atoms with van der Waals surface area (Å²) in [6.07, 6.45) is 5.35. The summed E-state index contributed by atoms with van der Waals surface area (Å²) in [4.78, 5) is 0. The van der Waals surface area contributed by atoms with Crippen molar-refractivity contribution in [3.05, 3.63) is 115 Å². The normalized spacial score (nSPS) is 10.8. The van der Waals surface area contributed by atoms with E-state index in [1.165, 1.54) is 6.07 Å². The summed E-state index contributed by atoms with van der Waals surface area (Å²) in [6.45, 7) is 6.95. The summed E-state index contributed by atoms with van der Waals surface area (Å²) in [7, 11) is 0. The maximum Gasteiger partial charge on any atom is 0.168 e. The number of hydrogen-bond acceptors (Lipinski definition) is 3. The molecule has 0 saturated heterocycles. The molecule has 208 valence electrons. The molecule has 6 heteroatoms. The zero-order valence-electron chi connectivity index (χ0n) is 22.6. The van der Waals surface area contributed by atoms with Crippen molar-refractivity contribution in [3.63, 3.8) is 0 Å². The highest BCUT2D eigenvalue weighted by Gasteiger charge is 2.16. The smallest absolute Gasteiger partial charge is 0.168 e. The van der Waals surface area contributed by atoms with Gasteiger partial charge >= 0.3 is 0 Å². The Kier molecular flexibility index (Phi) is 10.3. The number of hydrogen-bond donors (Lipinski definition) is 0. The molecular weight excluding hydrogens is 513 g/mol. The van der Waals surface area contributed by atoms with Crippen LogP contribution in [0.25, 0.3) is 22.3 Å². The number of halogens is 3. The average Bonchev–Trinajstić information content (AvgIpc) is 2.97. The largest absolute Gasteiger partial charge is 0.494 e. The quantitative estimate of drug-likeness (QED) is 0.116. The van der Waals surface area contributed by atoms with Crippen LogP contribution in [0.4, 0.5) is 13.2 Å². The number of ether oxygens (including phenoxy) is 3. The Labute approximate surface area is 233 Å². The Morgan fingerprint density at radius 3 is 1.88 bits per heavy atom. The van der Waals surface area contributed by atoms with Crippen molar-refractivity contribution in [2.75, 3.05) is 13.2 Å². The van der Waals surface area contributed by atoms with Gasteiger partial charge in [-0.1, -0.05) is 68.0 Å². The first-order chi connectivity index (χ1) is 19.5. The van der Waals surface area contributed by atoms with Crippen LogP contribution in [0.2, 0.25) is 0 Å². The van der Waals surface area contributed by atoms with E-state index in [0.717, 1.165) is 31.2 Å². The molecule has 40 heavy (non-hydrogen) atoms. The summed E-state index contributed by atoms with van der Waals surface area (Å²) >= 11 is 0. The third kappa shape index (κ3) is 7.47. The standard InChI is InChI=1S/C34H33F3O3/c1-3-5-7-21-39-32-19-16-28(22-31(32)35)40-23-24-8-10-25(11-9-24)29-17-18-30(34(37)33(29)36)26-12-14-27(15-13-26)38-20-6-4-2/h3,8-19,22H,1,4-7,20-21,23H2,2H3. The van der Waals surface area contributed by atoms with Gasteiger partial charge in [0.05, 0.1) is 13.2 Å². The van der Waals surface area contributed by atoms with E-state index in [-0.39, 0.29) is 23.5 Å². The van der Waals surface area contributed by atoms with Crippen LogP contribution < -0.4 is 14.2 Å². The number of benzene rings is 4. The van der Waals surface area contributed by atoms with E-state index in [4.69, 9.17) is 14.2 Å². The lowest BCUT2D eigenvalue weighted by Crippen LogP contribution is -2.00. The topological polar surface area (TPSA) is 27.7 Å². The zero-order chi connectivity index (χ0) is 28.3. The fraction of sp³-hybridized carbons (Fsp3) is 0.235. The lowest BCUT2D eigenvalue weighted by molar-refractivity contribution is 0.287. The molecule has 0 aliphatic carbocycles. The number of allylic oxidation sites excluding steroid dienone is 1. The predicted octanol–water partition coefficient (Wildman–Crippen LogP) is 9.54. The van der Waals surface area contributed by atoms with Crippen molar-refractivity contribution >= 4 is 0 Å². The molecule has 0 amide bonds. The molecule has 0 aliphatic rings. The van der Waals surface area contributed by atoms with Crippen LogP contribution in [0.1, 0.15) is 38.2 Å². The Bertz CT molecular complexity index is 1400. The van der Waals surface area contributed by atoms with Crippen LogP contribution >= 0.6 is 0 Å². The molecule has 0 aromatic heterocycles. The molecule has 0 radical (unpaired) electrons. The van der Waals surface area contributed by atoms with E-state index in [1.54, 1.807) is 78.9 Å². The first kappa shape index (κ1) is 28.8. The average molecular weight is 547 g/mol. The van der Waals surface area contributed by atoms with E-state index in [2.05, 4.69) is 13.5 Å². The van der Waals surface area contributed by atoms with Gasteiger partial charge in [0, 0.05) is 17.2 Å². The van der Waals surface area contributed by atoms with Gasteiger partial charge in [-0.15, -0.1) is 6.58 Å². The molecule has 0 heterocycles. The van der Waals surface area contributed by atoms with Crippen LogP contribution in [0.3, 0.4) is 0 Å². The molecule has 0 bridgehead atoms. The molecule has 0 aliphatic heterocycles. The Morgan fingerprint density at radius 2 is 1.27 bits per heavy atom. The lowest BCUT2D eigenvalue weighted by Gasteiger charge is -2.12. The van der Waals surface area contributed by atoms with Crippen molar-refractivity contribution in [2.45, 2.75) is 39.2 Å². The summed E-state index contributed by atoms with van der Waals surface area (Å²) in [6, 6.07) is 21.6. The summed E-state index contributed by atoms with van der Waals surface area (Å²) in [5.74, 6) is -1.07. The van der Waals surface area contributed by atoms with Gasteiger partial charge in [0.1, 0.15) is 18.1 Å². The molecule has 0 unspecified atom stereocenters. The Balaban J connectivity index is 1.38. The molecule has 0 atom stereocenters. The second-order valence-electron chi connectivity index (χ2n) is 9.37. The van der Waals surface area contributed by atoms with Gasteiger partial charge in [0.25, 0.3) is 0 Å². The van der Waals surface area contributed by atoms with Gasteiger partial charge in [-0.3, -0.25) is 0 Å². The van der Waals surface area contributed by atoms with Crippen LogP contribution in [0, 0.1) is 17.5 Å². The molecule has 0 fully saturated rings. The van der Waals surface area contributed by atoms with Crippen molar-refractivity contribution in [1.29, 1.82) is 0 Å². The van der Waals surface area contributed by atoms with Crippen molar-refractivity contribution in [2.24, 2.45) is 0 Å². The maximum absolute atomic E-state index is 15.1. The summed E-state index contributed by atoms with van der Waals surface area (Å²) < 4.78 is 61.3. The van der Waals surface area contributed by atoms with Crippen LogP contribution in [0.5, 0.6) is 17.2 Å². The highest BCUT2D eigenvalue weighted by Crippen LogP contribution is 2.32. The van der Waals surface area contributed by atoms with E-state index >= 15 is 8.78 Å². The molecule has 4 rings (SSSR count). The first-order valence-electron chi connectivity index (χ1n) is 13.5. The molecule has 3 nitrogen and oxygen atoms in total. The van der Waals surface area contributed by atoms with Gasteiger partial charge < -0.3 is 14.2 Å². The van der Waals surface area contributed by atoms with Gasteiger partial charge in [0.15, 0.2) is 23.2 Å². The van der Waals surface area contributed by atoms with Gasteiger partial charge in [-0.25, -0.2) is 13.2 Å². The van der Waals surface area contributed by atoms with Crippen LogP contribution in [-0.2, 0) is 6.61 Å². The predicted molar refractivity (Wildman–Crippen MR) is 153 cm³/mol. The molecule has 0 saturated carbocycles. The van der Waals surface area contributed by atoms with Crippen LogP contribution in [0.15, 0.2) is 91.5 Å². The molecule has 0 spiro atoms. The molecule has 0 N–H and O–H groups in total. The molecular formula is C34H33F3O3. The summed E-state index contributed by atoms with van der Waals surface area (Å²) in [5, 5.41) is 0. The van der Waals surface area contributed by atoms with Crippen molar-refractivity contribution < 1.29 is 27.4 Å². The Hall–Kier alpha value is -4.19. The monoisotopic (exact) mass is 546 g/mol. The molecule has 4 aromatic rings. The van der Waals surface area contributed by atoms with Gasteiger partial charge in [-0.05, 0) is 60.2 Å². The molecule has 4 aromatic carbocycles. The highest BCUT2D eigenvalue weighted by atomic mass is 19.2. The van der Waals surface area contributed by atoms with E-state index in [9.17, 15) is 4.39 Å². The fourth-order valence-corrected chi connectivity index (χ4v) is 4.11. The first-order valence-corrected chi connectivity index (χ1v) is 13.5. The lowest BCUT2D eigenvalue weighted by atomic mass is 9.98. The maximum atomic E-state index is 15.1. The minimum absolute atomic E-state index is 0.166. The highest BCUT2D eigenvalue weighted by molar-refractivity contribution is 5.72. The minimum Gasteiger partial charge on any atom is -0.494 e. The van der Waals surface area contributed by atoms with E-state index in [1.807, 2.05) is 0 Å². The third-order valence-electron chi connectivity index (χ3n) is 6.40. The Morgan fingerprint density at radius 1 is 0.675 bits per heavy atom. The number of unbranched alkanes of at least 4 members (excludes halogenated alkanes) is 2. The van der Waals surface area contributed by atoms with Gasteiger partial charge in [0.2, 0.25) is 0 Å². The summed E-state index contributed by atoms with van der Waals surface area (Å²) in [5.41, 5.74) is 2.26. The van der Waals surface area contributed by atoms with Crippen LogP contribution in [-0.4, -0.2) is 13.2 Å². The zero-order valence-corrected chi connectivity index (χ0v) is 22.6. The second kappa shape index (κ2) is 14.3. The SMILES string of the molecule is C=CCCCOc1ccc(OCc2ccc(-c3ccc(-c4ccc(OCCCC)cc4)c(F)c3F)cc2)cc1F. The fourth-order valence-electron chi connectivity index (χ4n) is 4.11. The van der Waals surface area contributed by atoms with E-state index in [0.29, 0.717) is 35.8 Å². The van der Waals surface area contributed by atoms with E-state index < -0.39 is 17.5 Å². The minimum atomic E-state index is -0.910. The van der Waals surface area contributed by atoms with Crippen molar-refractivity contribution in [1.82, 2.24) is 0 Å². The third-order valence-corrected chi connectivity index (χ3v) is 6.40. The second-order valence-corrected chi connectivity index (χ2v) is 9.37. The van der Waals surface area contributed by atoms with Crippen molar-refractivity contribution in [3.8, 4) is 39.5 Å². The number of rotatable bonds is 14. The van der Waals surface area contributed by atoms with Gasteiger partial charge in [-0.2, -0.15) is 0 Å².